The number of allylic oxidation sites excluding steroid dienone is 2. The van der Waals surface area contributed by atoms with Gasteiger partial charge in [0.1, 0.15) is 0 Å². The van der Waals surface area contributed by atoms with Gasteiger partial charge in [-0.25, -0.2) is 0 Å². The van der Waals surface area contributed by atoms with E-state index in [1.807, 2.05) is 23.2 Å². The molecular formula is C16H14O2SSe. The van der Waals surface area contributed by atoms with Crippen molar-refractivity contribution in [1.29, 1.82) is 0 Å². The Labute approximate surface area is 125 Å². The SMILES string of the molecule is O=S(=O)(/C=C/C=C/[Se]c1ccccc1)c1ccccc1. The maximum absolute atomic E-state index is 11.9. The fourth-order valence-electron chi connectivity index (χ4n) is 1.50. The first kappa shape index (κ1) is 14.8. The second-order valence-corrected chi connectivity index (χ2v) is 7.83. The van der Waals surface area contributed by atoms with E-state index < -0.39 is 9.84 Å². The summed E-state index contributed by atoms with van der Waals surface area (Å²) < 4.78 is 25.2. The van der Waals surface area contributed by atoms with Crippen LogP contribution < -0.4 is 4.46 Å². The van der Waals surface area contributed by atoms with Crippen LogP contribution in [0.3, 0.4) is 0 Å². The standard InChI is InChI=1S/C16H14O2SSe/c17-19(18,15-9-3-1-4-10-15)13-7-8-14-20-16-11-5-2-6-12-16/h1-14H/b13-7+,14-8+. The van der Waals surface area contributed by atoms with Crippen molar-refractivity contribution in [3.05, 3.63) is 83.2 Å². The van der Waals surface area contributed by atoms with Gasteiger partial charge in [-0.15, -0.1) is 0 Å². The van der Waals surface area contributed by atoms with Crippen LogP contribution >= 0.6 is 0 Å². The van der Waals surface area contributed by atoms with E-state index in [4.69, 9.17) is 0 Å². The van der Waals surface area contributed by atoms with Crippen LogP contribution in [-0.4, -0.2) is 23.4 Å². The first-order chi connectivity index (χ1) is 9.68. The molecule has 0 aromatic heterocycles. The van der Waals surface area contributed by atoms with Crippen molar-refractivity contribution in [3.63, 3.8) is 0 Å². The molecule has 0 atom stereocenters. The molecule has 0 heterocycles. The maximum atomic E-state index is 11.9. The van der Waals surface area contributed by atoms with Crippen LogP contribution in [0, 0.1) is 0 Å². The molecule has 0 fully saturated rings. The second kappa shape index (κ2) is 7.25. The number of benzene rings is 2. The van der Waals surface area contributed by atoms with Crippen molar-refractivity contribution < 1.29 is 8.42 Å². The van der Waals surface area contributed by atoms with Crippen LogP contribution in [-0.2, 0) is 9.84 Å². The summed E-state index contributed by atoms with van der Waals surface area (Å²) >= 11 is 0.224. The van der Waals surface area contributed by atoms with E-state index in [2.05, 4.69) is 12.1 Å². The number of rotatable bonds is 5. The normalized spacial score (nSPS) is 12.2. The van der Waals surface area contributed by atoms with E-state index in [1.54, 1.807) is 42.5 Å². The summed E-state index contributed by atoms with van der Waals surface area (Å²) in [5.74, 6) is 0. The predicted octanol–water partition coefficient (Wildman–Crippen LogP) is 2.52. The van der Waals surface area contributed by atoms with Gasteiger partial charge in [-0.05, 0) is 0 Å². The van der Waals surface area contributed by atoms with Gasteiger partial charge in [0.2, 0.25) is 0 Å². The molecule has 0 saturated carbocycles. The molecule has 0 aliphatic heterocycles. The topological polar surface area (TPSA) is 34.1 Å². The van der Waals surface area contributed by atoms with Gasteiger partial charge < -0.3 is 0 Å². The molecule has 2 nitrogen and oxygen atoms in total. The molecule has 0 aliphatic carbocycles. The first-order valence-corrected chi connectivity index (χ1v) is 9.43. The molecule has 2 aromatic rings. The zero-order valence-corrected chi connectivity index (χ0v) is 13.2. The molecule has 0 bridgehead atoms. The summed E-state index contributed by atoms with van der Waals surface area (Å²) in [6.45, 7) is 0. The third-order valence-electron chi connectivity index (χ3n) is 2.47. The van der Waals surface area contributed by atoms with E-state index in [9.17, 15) is 8.42 Å². The van der Waals surface area contributed by atoms with Gasteiger partial charge in [0.15, 0.2) is 0 Å². The molecular weight excluding hydrogens is 335 g/mol. The molecule has 102 valence electrons. The minimum atomic E-state index is -3.33. The minimum absolute atomic E-state index is 0.224. The zero-order chi connectivity index (χ0) is 14.3. The van der Waals surface area contributed by atoms with E-state index in [1.165, 1.54) is 9.87 Å². The van der Waals surface area contributed by atoms with Crippen LogP contribution in [0.25, 0.3) is 0 Å². The Kier molecular flexibility index (Phi) is 5.36. The molecule has 0 spiro atoms. The number of hydrogen-bond donors (Lipinski definition) is 0. The Hall–Kier alpha value is -1.61. The molecule has 2 aromatic carbocycles. The third-order valence-corrected chi connectivity index (χ3v) is 5.67. The Bertz CT molecular complexity index is 690. The molecule has 0 N–H and O–H groups in total. The van der Waals surface area contributed by atoms with Crippen molar-refractivity contribution in [2.75, 3.05) is 0 Å². The summed E-state index contributed by atoms with van der Waals surface area (Å²) in [6.07, 6.45) is 3.36. The van der Waals surface area contributed by atoms with Crippen LogP contribution in [0.4, 0.5) is 0 Å². The Morgan fingerprint density at radius 3 is 2.05 bits per heavy atom. The first-order valence-electron chi connectivity index (χ1n) is 6.03. The average Bonchev–Trinajstić information content (AvgIpc) is 2.49. The van der Waals surface area contributed by atoms with Gasteiger partial charge in [0.25, 0.3) is 0 Å². The van der Waals surface area contributed by atoms with Crippen molar-refractivity contribution in [3.8, 4) is 0 Å². The van der Waals surface area contributed by atoms with Crippen LogP contribution in [0.2, 0.25) is 0 Å². The monoisotopic (exact) mass is 350 g/mol. The summed E-state index contributed by atoms with van der Waals surface area (Å²) in [5.41, 5.74) is 0. The van der Waals surface area contributed by atoms with Gasteiger partial charge in [0.05, 0.1) is 0 Å². The summed E-state index contributed by atoms with van der Waals surface area (Å²) in [7, 11) is -3.33. The van der Waals surface area contributed by atoms with Gasteiger partial charge in [-0.2, -0.15) is 0 Å². The second-order valence-electron chi connectivity index (χ2n) is 3.95. The van der Waals surface area contributed by atoms with Crippen molar-refractivity contribution in [1.82, 2.24) is 0 Å². The predicted molar refractivity (Wildman–Crippen MR) is 83.7 cm³/mol. The van der Waals surface area contributed by atoms with Gasteiger partial charge in [0, 0.05) is 0 Å². The quantitative estimate of drug-likeness (QED) is 0.614. The van der Waals surface area contributed by atoms with E-state index in [0.717, 1.165) is 0 Å². The van der Waals surface area contributed by atoms with Crippen molar-refractivity contribution in [2.45, 2.75) is 4.90 Å². The molecule has 0 aliphatic rings. The molecule has 0 unspecified atom stereocenters. The van der Waals surface area contributed by atoms with Crippen LogP contribution in [0.5, 0.6) is 0 Å². The fourth-order valence-corrected chi connectivity index (χ4v) is 3.84. The van der Waals surface area contributed by atoms with E-state index in [0.29, 0.717) is 4.90 Å². The fraction of sp³-hybridized carbons (Fsp3) is 0. The van der Waals surface area contributed by atoms with Gasteiger partial charge in [-0.1, -0.05) is 0 Å². The summed E-state index contributed by atoms with van der Waals surface area (Å²) in [4.78, 5) is 2.32. The molecule has 20 heavy (non-hydrogen) atoms. The Morgan fingerprint density at radius 1 is 0.800 bits per heavy atom. The zero-order valence-electron chi connectivity index (χ0n) is 10.7. The molecule has 4 heteroatoms. The molecule has 0 radical (unpaired) electrons. The average molecular weight is 349 g/mol. The van der Waals surface area contributed by atoms with Crippen molar-refractivity contribution >= 4 is 29.3 Å². The van der Waals surface area contributed by atoms with E-state index in [-0.39, 0.29) is 15.0 Å². The number of sulfone groups is 1. The van der Waals surface area contributed by atoms with Crippen molar-refractivity contribution in [2.24, 2.45) is 0 Å². The van der Waals surface area contributed by atoms with E-state index >= 15 is 0 Å². The van der Waals surface area contributed by atoms with Gasteiger partial charge in [-0.3, -0.25) is 0 Å². The Morgan fingerprint density at radius 2 is 1.40 bits per heavy atom. The Balaban J connectivity index is 1.97. The number of hydrogen-bond acceptors (Lipinski definition) is 2. The molecule has 2 rings (SSSR count). The van der Waals surface area contributed by atoms with Crippen LogP contribution in [0.1, 0.15) is 0 Å². The summed E-state index contributed by atoms with van der Waals surface area (Å²) in [6, 6.07) is 18.5. The third kappa shape index (κ3) is 4.49. The molecule has 0 saturated heterocycles. The molecule has 0 amide bonds. The van der Waals surface area contributed by atoms with Gasteiger partial charge >= 0.3 is 126 Å². The summed E-state index contributed by atoms with van der Waals surface area (Å²) in [5, 5.41) is 1.24. The van der Waals surface area contributed by atoms with Crippen LogP contribution in [0.15, 0.2) is 88.1 Å².